The molecule has 1 aliphatic rings. The van der Waals surface area contributed by atoms with Crippen LogP contribution in [0.2, 0.25) is 0 Å². The van der Waals surface area contributed by atoms with Gasteiger partial charge in [-0.3, -0.25) is 9.47 Å². The van der Waals surface area contributed by atoms with Gasteiger partial charge < -0.3 is 4.90 Å². The van der Waals surface area contributed by atoms with E-state index in [0.717, 1.165) is 37.2 Å². The molecular formula is C18H26F2N4. The summed E-state index contributed by atoms with van der Waals surface area (Å²) in [4.78, 5) is 9.11. The van der Waals surface area contributed by atoms with E-state index in [-0.39, 0.29) is 6.04 Å². The van der Waals surface area contributed by atoms with Gasteiger partial charge in [0.2, 0.25) is 0 Å². The van der Waals surface area contributed by atoms with Crippen molar-refractivity contribution in [3.05, 3.63) is 30.1 Å². The predicted molar refractivity (Wildman–Crippen MR) is 92.3 cm³/mol. The molecule has 1 aromatic heterocycles. The topological polar surface area (TPSA) is 24.3 Å². The minimum Gasteiger partial charge on any atom is -0.306 e. The van der Waals surface area contributed by atoms with Crippen molar-refractivity contribution < 1.29 is 8.78 Å². The fourth-order valence-electron chi connectivity index (χ4n) is 3.66. The molecule has 0 amide bonds. The summed E-state index contributed by atoms with van der Waals surface area (Å²) >= 11 is 0. The average Bonchev–Trinajstić information content (AvgIpc) is 3.18. The Kier molecular flexibility index (Phi) is 5.15. The number of imidazole rings is 1. The Hall–Kier alpha value is -1.53. The number of rotatable bonds is 6. The number of hydrogen-bond donors (Lipinski definition) is 0. The van der Waals surface area contributed by atoms with Crippen molar-refractivity contribution in [3.63, 3.8) is 0 Å². The molecule has 0 N–H and O–H groups in total. The third kappa shape index (κ3) is 3.30. The average molecular weight is 336 g/mol. The van der Waals surface area contributed by atoms with E-state index in [9.17, 15) is 8.78 Å². The normalized spacial score (nSPS) is 20.5. The molecule has 1 fully saturated rings. The monoisotopic (exact) mass is 336 g/mol. The second kappa shape index (κ2) is 7.15. The van der Waals surface area contributed by atoms with Gasteiger partial charge in [0.05, 0.1) is 17.1 Å². The fourth-order valence-corrected chi connectivity index (χ4v) is 3.66. The number of para-hydroxylation sites is 2. The van der Waals surface area contributed by atoms with Crippen LogP contribution in [0.4, 0.5) is 8.78 Å². The number of benzene rings is 1. The number of nitrogens with zero attached hydrogens (tertiary/aromatic N) is 4. The summed E-state index contributed by atoms with van der Waals surface area (Å²) in [5.41, 5.74) is 1.15. The molecule has 0 aliphatic carbocycles. The van der Waals surface area contributed by atoms with Gasteiger partial charge in [-0.15, -0.1) is 0 Å². The Morgan fingerprint density at radius 2 is 2.08 bits per heavy atom. The molecule has 1 saturated heterocycles. The number of aromatic nitrogens is 2. The number of halogens is 2. The van der Waals surface area contributed by atoms with Crippen molar-refractivity contribution in [1.29, 1.82) is 0 Å². The first-order valence-electron chi connectivity index (χ1n) is 8.68. The lowest BCUT2D eigenvalue weighted by Crippen LogP contribution is -2.30. The first kappa shape index (κ1) is 17.3. The summed E-state index contributed by atoms with van der Waals surface area (Å²) in [6, 6.07) is 7.03. The van der Waals surface area contributed by atoms with Crippen molar-refractivity contribution in [3.8, 4) is 0 Å². The van der Waals surface area contributed by atoms with Crippen LogP contribution in [0.1, 0.15) is 38.7 Å². The summed E-state index contributed by atoms with van der Waals surface area (Å²) < 4.78 is 28.3. The van der Waals surface area contributed by atoms with Crippen LogP contribution < -0.4 is 0 Å². The maximum atomic E-state index is 13.6. The number of likely N-dealkylation sites (tertiary alicyclic amines) is 1. The molecule has 4 nitrogen and oxygen atoms in total. The van der Waals surface area contributed by atoms with Crippen molar-refractivity contribution in [2.75, 3.05) is 33.2 Å². The first-order chi connectivity index (χ1) is 11.5. The molecule has 132 valence electrons. The van der Waals surface area contributed by atoms with E-state index in [1.54, 1.807) is 18.2 Å². The molecule has 0 radical (unpaired) electrons. The predicted octanol–water partition coefficient (Wildman–Crippen LogP) is 3.77. The second-order valence-electron chi connectivity index (χ2n) is 6.79. The molecule has 0 saturated carbocycles. The summed E-state index contributed by atoms with van der Waals surface area (Å²) in [6.45, 7) is 5.55. The summed E-state index contributed by atoms with van der Waals surface area (Å²) in [7, 11) is 2.13. The molecule has 0 unspecified atom stereocenters. The zero-order chi connectivity index (χ0) is 17.3. The third-order valence-electron chi connectivity index (χ3n) is 5.17. The van der Waals surface area contributed by atoms with Crippen molar-refractivity contribution in [2.45, 2.75) is 32.9 Å². The zero-order valence-electron chi connectivity index (χ0n) is 14.6. The van der Waals surface area contributed by atoms with Crippen molar-refractivity contribution >= 4 is 11.0 Å². The zero-order valence-corrected chi connectivity index (χ0v) is 14.6. The molecule has 0 bridgehead atoms. The Morgan fingerprint density at radius 3 is 2.79 bits per heavy atom. The Bertz CT molecular complexity index is 685. The molecule has 2 atom stereocenters. The molecular weight excluding hydrogens is 310 g/mol. The standard InChI is InChI=1S/C18H26F2N4/c1-4-22(3)11-14-9-10-23(12-14)13(2)17-21-15-7-5-6-8-16(15)24(17)18(19)20/h5-8,13-14,18H,4,9-12H2,1-3H3/t13-,14+/m1/s1. The van der Waals surface area contributed by atoms with Gasteiger partial charge in [-0.05, 0) is 51.5 Å². The van der Waals surface area contributed by atoms with Gasteiger partial charge in [-0.2, -0.15) is 8.78 Å². The Labute approximate surface area is 142 Å². The van der Waals surface area contributed by atoms with Gasteiger partial charge in [-0.1, -0.05) is 19.1 Å². The molecule has 1 aromatic carbocycles. The lowest BCUT2D eigenvalue weighted by atomic mass is 10.1. The van der Waals surface area contributed by atoms with E-state index >= 15 is 0 Å². The Balaban J connectivity index is 1.82. The van der Waals surface area contributed by atoms with Gasteiger partial charge in [0.15, 0.2) is 0 Å². The van der Waals surface area contributed by atoms with E-state index in [1.165, 1.54) is 0 Å². The van der Waals surface area contributed by atoms with Crippen LogP contribution in [0.25, 0.3) is 11.0 Å². The van der Waals surface area contributed by atoms with Gasteiger partial charge in [0.25, 0.3) is 0 Å². The highest BCUT2D eigenvalue weighted by molar-refractivity contribution is 5.76. The van der Waals surface area contributed by atoms with Gasteiger partial charge in [-0.25, -0.2) is 4.98 Å². The van der Waals surface area contributed by atoms with Gasteiger partial charge in [0, 0.05) is 13.1 Å². The number of alkyl halides is 2. The van der Waals surface area contributed by atoms with E-state index in [2.05, 4.69) is 28.8 Å². The molecule has 2 heterocycles. The molecule has 1 aliphatic heterocycles. The molecule has 3 rings (SSSR count). The third-order valence-corrected chi connectivity index (χ3v) is 5.17. The van der Waals surface area contributed by atoms with E-state index in [0.29, 0.717) is 22.8 Å². The minimum atomic E-state index is -2.57. The van der Waals surface area contributed by atoms with Crippen molar-refractivity contribution in [1.82, 2.24) is 19.4 Å². The maximum absolute atomic E-state index is 13.6. The van der Waals surface area contributed by atoms with Crippen LogP contribution in [-0.2, 0) is 0 Å². The number of fused-ring (bicyclic) bond motifs is 1. The maximum Gasteiger partial charge on any atom is 0.320 e. The summed E-state index contributed by atoms with van der Waals surface area (Å²) in [5.74, 6) is 1.07. The smallest absolute Gasteiger partial charge is 0.306 e. The highest BCUT2D eigenvalue weighted by Gasteiger charge is 2.31. The molecule has 0 spiro atoms. The van der Waals surface area contributed by atoms with Crippen LogP contribution in [0.3, 0.4) is 0 Å². The summed E-state index contributed by atoms with van der Waals surface area (Å²) in [6.07, 6.45) is 1.11. The Morgan fingerprint density at radius 1 is 1.33 bits per heavy atom. The van der Waals surface area contributed by atoms with E-state index in [4.69, 9.17) is 0 Å². The quantitative estimate of drug-likeness (QED) is 0.803. The van der Waals surface area contributed by atoms with Crippen LogP contribution in [0.15, 0.2) is 24.3 Å². The highest BCUT2D eigenvalue weighted by atomic mass is 19.3. The van der Waals surface area contributed by atoms with Crippen LogP contribution in [-0.4, -0.2) is 52.6 Å². The lowest BCUT2D eigenvalue weighted by molar-refractivity contribution is 0.0657. The summed E-state index contributed by atoms with van der Waals surface area (Å²) in [5, 5.41) is 0. The second-order valence-corrected chi connectivity index (χ2v) is 6.79. The van der Waals surface area contributed by atoms with Crippen LogP contribution >= 0.6 is 0 Å². The minimum absolute atomic E-state index is 0.108. The lowest BCUT2D eigenvalue weighted by Gasteiger charge is -2.25. The number of hydrogen-bond acceptors (Lipinski definition) is 3. The SMILES string of the molecule is CCN(C)C[C@@H]1CCN([C@H](C)c2nc3ccccc3n2C(F)F)C1. The van der Waals surface area contributed by atoms with E-state index in [1.807, 2.05) is 13.0 Å². The van der Waals surface area contributed by atoms with Crippen LogP contribution in [0, 0.1) is 5.92 Å². The molecule has 6 heteroatoms. The first-order valence-corrected chi connectivity index (χ1v) is 8.68. The van der Waals surface area contributed by atoms with E-state index < -0.39 is 6.55 Å². The highest BCUT2D eigenvalue weighted by Crippen LogP contribution is 2.32. The van der Waals surface area contributed by atoms with Gasteiger partial charge >= 0.3 is 6.55 Å². The molecule has 2 aromatic rings. The van der Waals surface area contributed by atoms with Crippen LogP contribution in [0.5, 0.6) is 0 Å². The fraction of sp³-hybridized carbons (Fsp3) is 0.611. The largest absolute Gasteiger partial charge is 0.320 e. The van der Waals surface area contributed by atoms with Gasteiger partial charge in [0.1, 0.15) is 5.82 Å². The molecule has 24 heavy (non-hydrogen) atoms. The van der Waals surface area contributed by atoms with Crippen molar-refractivity contribution in [2.24, 2.45) is 5.92 Å².